The minimum absolute atomic E-state index is 0.0727. The third-order valence-electron chi connectivity index (χ3n) is 4.90. The molecule has 1 aromatic rings. The predicted octanol–water partition coefficient (Wildman–Crippen LogP) is 1.91. The van der Waals surface area contributed by atoms with Crippen molar-refractivity contribution in [2.45, 2.75) is 26.2 Å². The number of nitrogens with zero attached hydrogens (tertiary/aromatic N) is 2. The van der Waals surface area contributed by atoms with Crippen molar-refractivity contribution in [3.63, 3.8) is 0 Å². The number of hydrogen-bond acceptors (Lipinski definition) is 3. The summed E-state index contributed by atoms with van der Waals surface area (Å²) in [5.41, 5.74) is 1.14. The van der Waals surface area contributed by atoms with Crippen LogP contribution in [0.3, 0.4) is 0 Å². The molecular weight excluding hydrogens is 312 g/mol. The zero-order valence-electron chi connectivity index (χ0n) is 15.9. The van der Waals surface area contributed by atoms with Gasteiger partial charge in [-0.25, -0.2) is 0 Å². The van der Waals surface area contributed by atoms with E-state index in [1.54, 1.807) is 7.05 Å². The van der Waals surface area contributed by atoms with Crippen LogP contribution in [0.25, 0.3) is 0 Å². The molecule has 1 aliphatic rings. The number of aliphatic hydroxyl groups is 1. The average Bonchev–Trinajstić information content (AvgIpc) is 2.60. The van der Waals surface area contributed by atoms with E-state index in [4.69, 9.17) is 0 Å². The van der Waals surface area contributed by atoms with E-state index in [0.717, 1.165) is 36.4 Å². The van der Waals surface area contributed by atoms with Gasteiger partial charge in [0.2, 0.25) is 0 Å². The molecule has 1 heterocycles. The summed E-state index contributed by atoms with van der Waals surface area (Å²) >= 11 is 0. The van der Waals surface area contributed by atoms with E-state index in [2.05, 4.69) is 46.5 Å². The molecule has 0 amide bonds. The van der Waals surface area contributed by atoms with Crippen molar-refractivity contribution < 1.29 is 5.11 Å². The van der Waals surface area contributed by atoms with Crippen LogP contribution in [0.2, 0.25) is 0 Å². The highest BCUT2D eigenvalue weighted by atomic mass is 16.3. The van der Waals surface area contributed by atoms with Crippen LogP contribution in [0.1, 0.15) is 31.7 Å². The number of hydrogen-bond donors (Lipinski definition) is 3. The molecule has 25 heavy (non-hydrogen) atoms. The molecule has 5 nitrogen and oxygen atoms in total. The first-order chi connectivity index (χ1) is 12.1. The summed E-state index contributed by atoms with van der Waals surface area (Å²) < 4.78 is 0. The number of aliphatic hydroxyl groups excluding tert-OH is 1. The molecule has 5 heteroatoms. The summed E-state index contributed by atoms with van der Waals surface area (Å²) in [5.74, 6) is 2.45. The highest BCUT2D eigenvalue weighted by Gasteiger charge is 2.21. The van der Waals surface area contributed by atoms with Gasteiger partial charge >= 0.3 is 0 Å². The maximum absolute atomic E-state index is 9.65. The Kier molecular flexibility index (Phi) is 8.22. The molecule has 3 atom stereocenters. The molecule has 1 saturated heterocycles. The standard InChI is InChI=1S/C20H34N4O/c1-16-11-17(2)14-24(13-16)10-9-22-20(21-3)23-12-19(15-25)18-7-5-4-6-8-18/h4-8,16-17,19,25H,9-15H2,1-3H3,(H2,21,22,23). The number of guanidine groups is 1. The number of likely N-dealkylation sites (tertiary alicyclic amines) is 1. The van der Waals surface area contributed by atoms with Gasteiger partial charge in [-0.05, 0) is 23.8 Å². The third-order valence-corrected chi connectivity index (χ3v) is 4.90. The number of aliphatic imine (C=N–C) groups is 1. The largest absolute Gasteiger partial charge is 0.396 e. The van der Waals surface area contributed by atoms with Crippen LogP contribution in [0.4, 0.5) is 0 Å². The monoisotopic (exact) mass is 346 g/mol. The summed E-state index contributed by atoms with van der Waals surface area (Å²) in [6, 6.07) is 10.1. The zero-order chi connectivity index (χ0) is 18.1. The lowest BCUT2D eigenvalue weighted by Crippen LogP contribution is -2.46. The molecular formula is C20H34N4O. The Balaban J connectivity index is 1.73. The van der Waals surface area contributed by atoms with Crippen molar-refractivity contribution in [3.8, 4) is 0 Å². The van der Waals surface area contributed by atoms with Gasteiger partial charge < -0.3 is 20.6 Å². The van der Waals surface area contributed by atoms with E-state index < -0.39 is 0 Å². The van der Waals surface area contributed by atoms with Crippen molar-refractivity contribution in [2.24, 2.45) is 16.8 Å². The van der Waals surface area contributed by atoms with Gasteiger partial charge in [0.15, 0.2) is 5.96 Å². The molecule has 3 unspecified atom stereocenters. The van der Waals surface area contributed by atoms with Crippen LogP contribution in [0.15, 0.2) is 35.3 Å². The first-order valence-corrected chi connectivity index (χ1v) is 9.45. The van der Waals surface area contributed by atoms with Crippen molar-refractivity contribution >= 4 is 5.96 Å². The van der Waals surface area contributed by atoms with Crippen LogP contribution < -0.4 is 10.6 Å². The molecule has 1 aromatic carbocycles. The molecule has 0 saturated carbocycles. The molecule has 0 aromatic heterocycles. The van der Waals surface area contributed by atoms with Gasteiger partial charge in [-0.2, -0.15) is 0 Å². The van der Waals surface area contributed by atoms with Crippen LogP contribution in [0, 0.1) is 11.8 Å². The number of rotatable bonds is 7. The summed E-state index contributed by atoms with van der Waals surface area (Å²) in [6.07, 6.45) is 1.34. The van der Waals surface area contributed by atoms with Gasteiger partial charge in [0.05, 0.1) is 6.61 Å². The Morgan fingerprint density at radius 1 is 1.20 bits per heavy atom. The van der Waals surface area contributed by atoms with E-state index in [1.165, 1.54) is 19.5 Å². The second-order valence-electron chi connectivity index (χ2n) is 7.38. The maximum Gasteiger partial charge on any atom is 0.191 e. The minimum Gasteiger partial charge on any atom is -0.396 e. The molecule has 2 rings (SSSR count). The van der Waals surface area contributed by atoms with Crippen molar-refractivity contribution in [3.05, 3.63) is 35.9 Å². The van der Waals surface area contributed by atoms with Crippen molar-refractivity contribution in [1.82, 2.24) is 15.5 Å². The van der Waals surface area contributed by atoms with E-state index >= 15 is 0 Å². The molecule has 0 aliphatic carbocycles. The second kappa shape index (κ2) is 10.4. The fourth-order valence-corrected chi connectivity index (χ4v) is 3.76. The van der Waals surface area contributed by atoms with E-state index in [9.17, 15) is 5.11 Å². The number of nitrogens with one attached hydrogen (secondary N) is 2. The smallest absolute Gasteiger partial charge is 0.191 e. The number of piperidine rings is 1. The third kappa shape index (κ3) is 6.67. The fourth-order valence-electron chi connectivity index (χ4n) is 3.76. The Morgan fingerprint density at radius 2 is 1.88 bits per heavy atom. The molecule has 1 aliphatic heterocycles. The van der Waals surface area contributed by atoms with Gasteiger partial charge in [0.25, 0.3) is 0 Å². The van der Waals surface area contributed by atoms with Gasteiger partial charge in [-0.1, -0.05) is 44.2 Å². The summed E-state index contributed by atoms with van der Waals surface area (Å²) in [4.78, 5) is 6.84. The lowest BCUT2D eigenvalue weighted by molar-refractivity contribution is 0.143. The first-order valence-electron chi connectivity index (χ1n) is 9.45. The number of benzene rings is 1. The first kappa shape index (κ1) is 19.7. The lowest BCUT2D eigenvalue weighted by Gasteiger charge is -2.35. The van der Waals surface area contributed by atoms with Crippen molar-refractivity contribution in [1.29, 1.82) is 0 Å². The Labute approximate surface area is 152 Å². The van der Waals surface area contributed by atoms with Crippen LogP contribution in [-0.2, 0) is 0 Å². The normalized spacial score (nSPS) is 23.3. The fraction of sp³-hybridized carbons (Fsp3) is 0.650. The Bertz CT molecular complexity index is 510. The van der Waals surface area contributed by atoms with E-state index in [-0.39, 0.29) is 12.5 Å². The van der Waals surface area contributed by atoms with Crippen molar-refractivity contribution in [2.75, 3.05) is 46.4 Å². The second-order valence-corrected chi connectivity index (χ2v) is 7.38. The highest BCUT2D eigenvalue weighted by molar-refractivity contribution is 5.79. The summed E-state index contributed by atoms with van der Waals surface area (Å²) in [7, 11) is 1.79. The molecule has 3 N–H and O–H groups in total. The predicted molar refractivity (Wildman–Crippen MR) is 105 cm³/mol. The van der Waals surface area contributed by atoms with E-state index in [1.807, 2.05) is 18.2 Å². The van der Waals surface area contributed by atoms with Gasteiger partial charge in [-0.3, -0.25) is 4.99 Å². The van der Waals surface area contributed by atoms with Gasteiger partial charge in [0.1, 0.15) is 0 Å². The Hall–Kier alpha value is -1.59. The highest BCUT2D eigenvalue weighted by Crippen LogP contribution is 2.20. The lowest BCUT2D eigenvalue weighted by atomic mass is 9.92. The summed E-state index contributed by atoms with van der Waals surface area (Å²) in [6.45, 7) is 9.78. The van der Waals surface area contributed by atoms with Crippen LogP contribution in [-0.4, -0.2) is 62.3 Å². The quantitative estimate of drug-likeness (QED) is 0.521. The van der Waals surface area contributed by atoms with Crippen LogP contribution in [0.5, 0.6) is 0 Å². The van der Waals surface area contributed by atoms with Gasteiger partial charge in [0, 0.05) is 45.7 Å². The minimum atomic E-state index is 0.0727. The average molecular weight is 347 g/mol. The SMILES string of the molecule is CN=C(NCCN1CC(C)CC(C)C1)NCC(CO)c1ccccc1. The summed E-state index contributed by atoms with van der Waals surface area (Å²) in [5, 5.41) is 16.4. The molecule has 0 bridgehead atoms. The zero-order valence-corrected chi connectivity index (χ0v) is 15.9. The van der Waals surface area contributed by atoms with Crippen LogP contribution >= 0.6 is 0 Å². The molecule has 140 valence electrons. The Morgan fingerprint density at radius 3 is 2.48 bits per heavy atom. The van der Waals surface area contributed by atoms with Gasteiger partial charge in [-0.15, -0.1) is 0 Å². The molecule has 1 fully saturated rings. The topological polar surface area (TPSA) is 59.9 Å². The van der Waals surface area contributed by atoms with E-state index in [0.29, 0.717) is 6.54 Å². The maximum atomic E-state index is 9.65. The molecule has 0 spiro atoms. The molecule has 0 radical (unpaired) electrons.